The fraction of sp³-hybridized carbons (Fsp3) is 0.273. The van der Waals surface area contributed by atoms with Crippen LogP contribution in [0.15, 0.2) is 22.7 Å². The number of amides is 1. The zero-order valence-corrected chi connectivity index (χ0v) is 11.9. The summed E-state index contributed by atoms with van der Waals surface area (Å²) in [4.78, 5) is 12.9. The van der Waals surface area contributed by atoms with Crippen molar-refractivity contribution in [2.45, 2.75) is 19.9 Å². The van der Waals surface area contributed by atoms with Gasteiger partial charge < -0.3 is 11.8 Å². The van der Waals surface area contributed by atoms with Gasteiger partial charge in [0.2, 0.25) is 5.91 Å². The topological polar surface area (TPSA) is 20.3 Å². The monoisotopic (exact) mass is 422 g/mol. The molecule has 1 aromatic rings. The van der Waals surface area contributed by atoms with Crippen molar-refractivity contribution >= 4 is 27.5 Å². The van der Waals surface area contributed by atoms with Crippen LogP contribution < -0.4 is 4.90 Å². The van der Waals surface area contributed by atoms with Crippen LogP contribution in [-0.4, -0.2) is 11.9 Å². The standard InChI is InChI=1S/C11H12BrNO.Tm/c1-8(2)13(9(3)14)11-6-4-10(12)5-7-11;/h4-6,8H,1H2,2-3H3;/q-2;/t8-;/m1./s1. The Morgan fingerprint density at radius 1 is 1.60 bits per heavy atom. The van der Waals surface area contributed by atoms with Crippen molar-refractivity contribution in [3.63, 3.8) is 0 Å². The van der Waals surface area contributed by atoms with E-state index in [9.17, 15) is 4.79 Å². The summed E-state index contributed by atoms with van der Waals surface area (Å²) in [6.45, 7) is 7.23. The van der Waals surface area contributed by atoms with Gasteiger partial charge in [-0.3, -0.25) is 4.79 Å². The molecule has 0 fully saturated rings. The molecular formula is C11H12BrNOTm-2. The molecule has 0 saturated heterocycles. The van der Waals surface area contributed by atoms with Crippen LogP contribution in [0.4, 0.5) is 5.69 Å². The van der Waals surface area contributed by atoms with E-state index in [4.69, 9.17) is 0 Å². The molecule has 1 aromatic carbocycles. The molecule has 0 aromatic heterocycles. The molecule has 0 aliphatic heterocycles. The number of anilines is 1. The van der Waals surface area contributed by atoms with Crippen LogP contribution in [0.3, 0.4) is 0 Å². The number of benzene rings is 1. The van der Waals surface area contributed by atoms with Crippen LogP contribution in [-0.2, 0) is 4.79 Å². The van der Waals surface area contributed by atoms with Gasteiger partial charge in [-0.15, -0.1) is 22.0 Å². The van der Waals surface area contributed by atoms with Crippen molar-refractivity contribution in [2.24, 2.45) is 0 Å². The van der Waals surface area contributed by atoms with Crippen LogP contribution in [0.5, 0.6) is 0 Å². The normalized spacial score (nSPS) is 11.5. The van der Waals surface area contributed by atoms with Crippen LogP contribution in [0, 0.1) is 49.9 Å². The second-order valence-corrected chi connectivity index (χ2v) is 4.05. The quantitative estimate of drug-likeness (QED) is 0.671. The van der Waals surface area contributed by atoms with Gasteiger partial charge in [0.15, 0.2) is 0 Å². The maximum atomic E-state index is 11.3. The van der Waals surface area contributed by atoms with Gasteiger partial charge in [0, 0.05) is 43.8 Å². The van der Waals surface area contributed by atoms with Gasteiger partial charge in [-0.25, -0.2) is 0 Å². The number of nitrogens with zero attached hydrogens (tertiary/aromatic N) is 1. The van der Waals surface area contributed by atoms with Crippen molar-refractivity contribution in [1.82, 2.24) is 0 Å². The minimum absolute atomic E-state index is 0. The van der Waals surface area contributed by atoms with E-state index in [1.165, 1.54) is 6.92 Å². The molecule has 1 radical (unpaired) electrons. The average molecular weight is 423 g/mol. The number of hydrogen-bond donors (Lipinski definition) is 0. The summed E-state index contributed by atoms with van der Waals surface area (Å²) in [5.74, 6) is -0.0222. The Hall–Kier alpha value is 0.404. The minimum atomic E-state index is -0.0927. The molecule has 2 nitrogen and oxygen atoms in total. The van der Waals surface area contributed by atoms with Gasteiger partial charge in [0.1, 0.15) is 0 Å². The second kappa shape index (κ2) is 6.87. The van der Waals surface area contributed by atoms with Crippen molar-refractivity contribution in [3.8, 4) is 0 Å². The molecule has 4 heteroatoms. The number of halogens is 1. The smallest absolute Gasteiger partial charge is 0.219 e. The number of rotatable bonds is 2. The van der Waals surface area contributed by atoms with Gasteiger partial charge in [0.05, 0.1) is 0 Å². The Morgan fingerprint density at radius 2 is 2.20 bits per heavy atom. The van der Waals surface area contributed by atoms with Gasteiger partial charge in [-0.1, -0.05) is 23.1 Å². The van der Waals surface area contributed by atoms with Crippen molar-refractivity contribution in [2.75, 3.05) is 4.90 Å². The first-order chi connectivity index (χ1) is 6.52. The molecule has 0 heterocycles. The Labute approximate surface area is 128 Å². The predicted octanol–water partition coefficient (Wildman–Crippen LogP) is 2.82. The summed E-state index contributed by atoms with van der Waals surface area (Å²) in [6.07, 6.45) is 0. The summed E-state index contributed by atoms with van der Waals surface area (Å²) in [7, 11) is 0. The Bertz CT molecular complexity index is 324. The van der Waals surface area contributed by atoms with E-state index in [1.807, 2.05) is 19.1 Å². The summed E-state index contributed by atoms with van der Waals surface area (Å²) < 4.78 is 0.946. The first kappa shape index (κ1) is 15.4. The summed E-state index contributed by atoms with van der Waals surface area (Å²) in [5.41, 5.74) is 0.753. The molecule has 1 rings (SSSR count). The maximum absolute atomic E-state index is 11.3. The first-order valence-electron chi connectivity index (χ1n) is 4.32. The van der Waals surface area contributed by atoms with Crippen LogP contribution in [0.1, 0.15) is 13.8 Å². The van der Waals surface area contributed by atoms with E-state index in [-0.39, 0.29) is 48.8 Å². The summed E-state index contributed by atoms with van der Waals surface area (Å²) >= 11 is 3.32. The number of carbonyl (C=O) groups is 1. The minimum Gasteiger partial charge on any atom is -0.364 e. The maximum Gasteiger partial charge on any atom is 0.219 e. The SMILES string of the molecule is [CH2-][C@H](C)N(C(C)=O)c1[c-]cc(Br)cc1.[Tm]. The van der Waals surface area contributed by atoms with Gasteiger partial charge in [0.25, 0.3) is 0 Å². The number of hydrogen-bond acceptors (Lipinski definition) is 1. The zero-order chi connectivity index (χ0) is 10.7. The summed E-state index contributed by atoms with van der Waals surface area (Å²) in [5, 5.41) is 0. The van der Waals surface area contributed by atoms with Gasteiger partial charge >= 0.3 is 0 Å². The first-order valence-corrected chi connectivity index (χ1v) is 5.12. The van der Waals surface area contributed by atoms with Gasteiger partial charge in [-0.2, -0.15) is 18.2 Å². The van der Waals surface area contributed by atoms with E-state index in [2.05, 4.69) is 28.9 Å². The van der Waals surface area contributed by atoms with Crippen LogP contribution >= 0.6 is 15.9 Å². The van der Waals surface area contributed by atoms with Crippen LogP contribution in [0.25, 0.3) is 0 Å². The molecule has 15 heavy (non-hydrogen) atoms. The molecule has 1 atom stereocenters. The molecule has 0 aliphatic rings. The van der Waals surface area contributed by atoms with Crippen molar-refractivity contribution in [3.05, 3.63) is 35.7 Å². The second-order valence-electron chi connectivity index (χ2n) is 3.13. The van der Waals surface area contributed by atoms with Crippen molar-refractivity contribution in [1.29, 1.82) is 0 Å². The zero-order valence-electron chi connectivity index (χ0n) is 8.53. The molecule has 0 N–H and O–H groups in total. The number of carbonyl (C=O) groups excluding carboxylic acids is 1. The van der Waals surface area contributed by atoms with Crippen molar-refractivity contribution < 1.29 is 41.7 Å². The molecule has 0 saturated carbocycles. The predicted molar refractivity (Wildman–Crippen MR) is 61.0 cm³/mol. The molecule has 89 valence electrons. The fourth-order valence-corrected chi connectivity index (χ4v) is 1.51. The van der Waals surface area contributed by atoms with Crippen LogP contribution in [0.2, 0.25) is 0 Å². The Balaban J connectivity index is 0.00000196. The molecule has 0 bridgehead atoms. The third-order valence-electron chi connectivity index (χ3n) is 1.80. The van der Waals surface area contributed by atoms with E-state index in [1.54, 1.807) is 11.0 Å². The molecule has 1 amide bonds. The molecule has 0 spiro atoms. The van der Waals surface area contributed by atoms with E-state index in [0.717, 1.165) is 10.2 Å². The molecule has 0 aliphatic carbocycles. The van der Waals surface area contributed by atoms with E-state index in [0.29, 0.717) is 0 Å². The largest absolute Gasteiger partial charge is 0.364 e. The fourth-order valence-electron chi connectivity index (χ4n) is 1.26. The Morgan fingerprint density at radius 3 is 2.53 bits per heavy atom. The molecule has 0 unspecified atom stereocenters. The Kier molecular flexibility index (Phi) is 7.06. The third kappa shape index (κ3) is 4.42. The third-order valence-corrected chi connectivity index (χ3v) is 2.29. The summed E-state index contributed by atoms with van der Waals surface area (Å²) in [6, 6.07) is 8.43. The van der Waals surface area contributed by atoms with Gasteiger partial charge in [-0.05, 0) is 0 Å². The molecular weight excluding hydrogens is 411 g/mol. The average Bonchev–Trinajstić information content (AvgIpc) is 2.07. The van der Waals surface area contributed by atoms with E-state index >= 15 is 0 Å². The van der Waals surface area contributed by atoms with E-state index < -0.39 is 0 Å².